The molecule has 0 spiro atoms. The van der Waals surface area contributed by atoms with Gasteiger partial charge in [0.05, 0.1) is 12.8 Å². The molecule has 31 heavy (non-hydrogen) atoms. The fourth-order valence-corrected chi connectivity index (χ4v) is 3.90. The lowest BCUT2D eigenvalue weighted by atomic mass is 10.1. The smallest absolute Gasteiger partial charge is 0.251 e. The van der Waals surface area contributed by atoms with Gasteiger partial charge in [-0.1, -0.05) is 23.7 Å². The second-order valence-corrected chi connectivity index (χ2v) is 7.86. The predicted molar refractivity (Wildman–Crippen MR) is 127 cm³/mol. The number of nitrogens with zero attached hydrogens (tertiary/aromatic N) is 2. The van der Waals surface area contributed by atoms with Crippen molar-refractivity contribution in [3.05, 3.63) is 58.6 Å². The minimum absolute atomic E-state index is 0.0746. The maximum atomic E-state index is 11.8. The van der Waals surface area contributed by atoms with Gasteiger partial charge < -0.3 is 25.6 Å². The highest BCUT2D eigenvalue weighted by Crippen LogP contribution is 2.33. The number of carbonyl (C=O) groups is 1. The molecular weight excluding hydrogens is 414 g/mol. The molecule has 8 heteroatoms. The lowest BCUT2D eigenvalue weighted by Gasteiger charge is -2.22. The molecule has 0 saturated carbocycles. The quantitative estimate of drug-likeness (QED) is 0.453. The maximum Gasteiger partial charge on any atom is 0.251 e. The summed E-state index contributed by atoms with van der Waals surface area (Å²) in [5.41, 5.74) is 2.78. The molecule has 1 saturated heterocycles. The Bertz CT molecular complexity index is 934. The number of guanidine groups is 1. The number of halogens is 1. The van der Waals surface area contributed by atoms with E-state index in [4.69, 9.17) is 16.3 Å². The zero-order valence-electron chi connectivity index (χ0n) is 18.2. The zero-order chi connectivity index (χ0) is 22.2. The third kappa shape index (κ3) is 6.04. The third-order valence-electron chi connectivity index (χ3n) is 5.36. The summed E-state index contributed by atoms with van der Waals surface area (Å²) >= 11 is 6.19. The van der Waals surface area contributed by atoms with Crippen LogP contribution in [0.15, 0.2) is 47.5 Å². The van der Waals surface area contributed by atoms with E-state index in [1.54, 1.807) is 21.2 Å². The summed E-state index contributed by atoms with van der Waals surface area (Å²) in [6.45, 7) is 2.47. The molecule has 166 valence electrons. The summed E-state index contributed by atoms with van der Waals surface area (Å²) in [5, 5.41) is 10.2. The maximum absolute atomic E-state index is 11.8. The number of hydrogen-bond donors (Lipinski definition) is 3. The average Bonchev–Trinajstić information content (AvgIpc) is 3.26. The molecule has 1 amide bonds. The van der Waals surface area contributed by atoms with E-state index < -0.39 is 0 Å². The third-order valence-corrected chi connectivity index (χ3v) is 5.59. The van der Waals surface area contributed by atoms with Crippen molar-refractivity contribution in [3.8, 4) is 5.75 Å². The van der Waals surface area contributed by atoms with Gasteiger partial charge >= 0.3 is 0 Å². The van der Waals surface area contributed by atoms with Gasteiger partial charge in [-0.3, -0.25) is 9.79 Å². The molecule has 1 unspecified atom stereocenters. The van der Waals surface area contributed by atoms with E-state index in [0.29, 0.717) is 10.6 Å². The largest absolute Gasteiger partial charge is 0.495 e. The van der Waals surface area contributed by atoms with Gasteiger partial charge in [-0.15, -0.1) is 0 Å². The fourth-order valence-electron chi connectivity index (χ4n) is 3.73. The number of amides is 1. The molecule has 3 N–H and O–H groups in total. The Balaban J connectivity index is 1.51. The Morgan fingerprint density at radius 1 is 1.29 bits per heavy atom. The van der Waals surface area contributed by atoms with E-state index in [0.717, 1.165) is 55.4 Å². The monoisotopic (exact) mass is 443 g/mol. The molecule has 1 fully saturated rings. The predicted octanol–water partition coefficient (Wildman–Crippen LogP) is 2.69. The number of ether oxygens (including phenoxy) is 1. The summed E-state index contributed by atoms with van der Waals surface area (Å²) in [6, 6.07) is 13.6. The topological polar surface area (TPSA) is 78.0 Å². The first-order chi connectivity index (χ1) is 15.0. The van der Waals surface area contributed by atoms with Crippen molar-refractivity contribution in [2.75, 3.05) is 45.7 Å². The lowest BCUT2D eigenvalue weighted by molar-refractivity contribution is 0.0963. The van der Waals surface area contributed by atoms with Crippen LogP contribution in [0.5, 0.6) is 5.75 Å². The highest BCUT2D eigenvalue weighted by Gasteiger charge is 2.25. The molecule has 2 aromatic carbocycles. The van der Waals surface area contributed by atoms with Crippen molar-refractivity contribution in [3.63, 3.8) is 0 Å². The molecule has 1 atom stereocenters. The van der Waals surface area contributed by atoms with Crippen LogP contribution < -0.4 is 25.6 Å². The van der Waals surface area contributed by atoms with Crippen LogP contribution in [0.25, 0.3) is 0 Å². The van der Waals surface area contributed by atoms with Gasteiger partial charge in [-0.05, 0) is 48.7 Å². The minimum Gasteiger partial charge on any atom is -0.495 e. The first-order valence-corrected chi connectivity index (χ1v) is 10.8. The van der Waals surface area contributed by atoms with Crippen LogP contribution in [0, 0.1) is 0 Å². The molecule has 3 rings (SSSR count). The Morgan fingerprint density at radius 3 is 2.87 bits per heavy atom. The summed E-state index contributed by atoms with van der Waals surface area (Å²) in [6.07, 6.45) is 1.78. The Morgan fingerprint density at radius 2 is 2.13 bits per heavy atom. The fraction of sp³-hybridized carbons (Fsp3) is 0.391. The van der Waals surface area contributed by atoms with Gasteiger partial charge in [0.25, 0.3) is 5.91 Å². The minimum atomic E-state index is -0.0746. The molecule has 0 aromatic heterocycles. The first-order valence-electron chi connectivity index (χ1n) is 10.4. The Hall–Kier alpha value is -2.93. The van der Waals surface area contributed by atoms with Crippen LogP contribution in [0.3, 0.4) is 0 Å². The van der Waals surface area contributed by atoms with Crippen LogP contribution in [0.4, 0.5) is 5.69 Å². The Labute approximate surface area is 188 Å². The lowest BCUT2D eigenvalue weighted by Crippen LogP contribution is -2.45. The van der Waals surface area contributed by atoms with Crippen molar-refractivity contribution in [2.45, 2.75) is 18.9 Å². The molecule has 1 heterocycles. The normalized spacial score (nSPS) is 16.2. The molecule has 2 aromatic rings. The van der Waals surface area contributed by atoms with E-state index in [2.05, 4.69) is 25.8 Å². The summed E-state index contributed by atoms with van der Waals surface area (Å²) in [5.74, 6) is 1.52. The summed E-state index contributed by atoms with van der Waals surface area (Å²) < 4.78 is 5.49. The number of aliphatic imine (C=N–C) groups is 1. The van der Waals surface area contributed by atoms with Crippen molar-refractivity contribution in [2.24, 2.45) is 4.99 Å². The first kappa shape index (κ1) is 22.7. The van der Waals surface area contributed by atoms with E-state index in [9.17, 15) is 4.79 Å². The number of benzene rings is 2. The average molecular weight is 444 g/mol. The molecule has 0 radical (unpaired) electrons. The van der Waals surface area contributed by atoms with Gasteiger partial charge in [0.1, 0.15) is 5.75 Å². The zero-order valence-corrected chi connectivity index (χ0v) is 19.0. The molecule has 1 aliphatic heterocycles. The Kier molecular flexibility index (Phi) is 8.00. The second-order valence-electron chi connectivity index (χ2n) is 7.42. The van der Waals surface area contributed by atoms with Crippen LogP contribution in [-0.2, 0) is 6.42 Å². The number of rotatable bonds is 7. The molecular formula is C23H30ClN5O2. The van der Waals surface area contributed by atoms with E-state index in [1.165, 1.54) is 0 Å². The number of methoxy groups -OCH3 is 1. The second kappa shape index (κ2) is 10.9. The van der Waals surface area contributed by atoms with Gasteiger partial charge in [0.2, 0.25) is 0 Å². The number of anilines is 1. The standard InChI is InChI=1S/C23H30ClN5O2/c1-25-22(30)17-6-4-5-16(13-17)9-11-27-23(26-2)28-19-10-12-29(15-19)20-14-18(24)7-8-21(20)31-3/h4-8,13-14,19H,9-12,15H2,1-3H3,(H,25,30)(H2,26,27,28). The van der Waals surface area contributed by atoms with Crippen molar-refractivity contribution in [1.29, 1.82) is 0 Å². The van der Waals surface area contributed by atoms with Crippen LogP contribution in [-0.4, -0.2) is 58.7 Å². The van der Waals surface area contributed by atoms with Crippen LogP contribution in [0.2, 0.25) is 5.02 Å². The number of hydrogen-bond acceptors (Lipinski definition) is 4. The number of carbonyl (C=O) groups excluding carboxylic acids is 1. The van der Waals surface area contributed by atoms with Crippen molar-refractivity contribution in [1.82, 2.24) is 16.0 Å². The molecule has 0 bridgehead atoms. The highest BCUT2D eigenvalue weighted by molar-refractivity contribution is 6.30. The summed E-state index contributed by atoms with van der Waals surface area (Å²) in [7, 11) is 5.09. The van der Waals surface area contributed by atoms with E-state index >= 15 is 0 Å². The molecule has 1 aliphatic rings. The van der Waals surface area contributed by atoms with Crippen LogP contribution in [0.1, 0.15) is 22.3 Å². The summed E-state index contributed by atoms with van der Waals surface area (Å²) in [4.78, 5) is 18.4. The van der Waals surface area contributed by atoms with Gasteiger partial charge in [-0.2, -0.15) is 0 Å². The highest BCUT2D eigenvalue weighted by atomic mass is 35.5. The number of nitrogens with one attached hydrogen (secondary N) is 3. The molecule has 7 nitrogen and oxygen atoms in total. The molecule has 0 aliphatic carbocycles. The SMILES string of the molecule is CN=C(NCCc1cccc(C(=O)NC)c1)NC1CCN(c2cc(Cl)ccc2OC)C1. The van der Waals surface area contributed by atoms with Gasteiger partial charge in [-0.25, -0.2) is 0 Å². The van der Waals surface area contributed by atoms with Gasteiger partial charge in [0, 0.05) is 50.4 Å². The van der Waals surface area contributed by atoms with Crippen molar-refractivity contribution >= 4 is 29.2 Å². The van der Waals surface area contributed by atoms with Gasteiger partial charge in [0.15, 0.2) is 5.96 Å². The van der Waals surface area contributed by atoms with E-state index in [1.807, 2.05) is 42.5 Å². The van der Waals surface area contributed by atoms with Crippen molar-refractivity contribution < 1.29 is 9.53 Å². The van der Waals surface area contributed by atoms with E-state index in [-0.39, 0.29) is 11.9 Å². The van der Waals surface area contributed by atoms with Crippen LogP contribution >= 0.6 is 11.6 Å².